The maximum absolute atomic E-state index is 12.5. The quantitative estimate of drug-likeness (QED) is 0.636. The van der Waals surface area contributed by atoms with Crippen LogP contribution in [0.15, 0.2) is 63.8 Å². The van der Waals surface area contributed by atoms with Crippen LogP contribution < -0.4 is 20.6 Å². The minimum Gasteiger partial charge on any atom is -0.494 e. The number of rotatable bonds is 6. The van der Waals surface area contributed by atoms with Crippen molar-refractivity contribution in [2.24, 2.45) is 5.92 Å². The van der Waals surface area contributed by atoms with Gasteiger partial charge in [0.15, 0.2) is 0 Å². The fourth-order valence-corrected chi connectivity index (χ4v) is 3.61. The van der Waals surface area contributed by atoms with Gasteiger partial charge in [0.2, 0.25) is 5.91 Å². The minimum atomic E-state index is -0.676. The highest BCUT2D eigenvalue weighted by Gasteiger charge is 2.31. The van der Waals surface area contributed by atoms with Crippen LogP contribution in [-0.2, 0) is 4.79 Å². The molecular weight excluding hydrogens is 384 g/mol. The molecule has 1 unspecified atom stereocenters. The Kier molecular flexibility index (Phi) is 5.52. The highest BCUT2D eigenvalue weighted by atomic mass is 16.5. The van der Waals surface area contributed by atoms with Gasteiger partial charge in [-0.1, -0.05) is 18.2 Å². The number of nitrogens with one attached hydrogen (secondary N) is 1. The Morgan fingerprint density at radius 3 is 2.70 bits per heavy atom. The number of carbonyl (C=O) groups is 2. The van der Waals surface area contributed by atoms with Crippen molar-refractivity contribution >= 4 is 28.5 Å². The number of benzene rings is 2. The summed E-state index contributed by atoms with van der Waals surface area (Å²) in [6.45, 7) is 3.29. The van der Waals surface area contributed by atoms with E-state index in [1.165, 1.54) is 6.07 Å². The molecule has 1 atom stereocenters. The average molecular weight is 406 g/mol. The molecule has 7 nitrogen and oxygen atoms in total. The van der Waals surface area contributed by atoms with E-state index in [0.717, 1.165) is 11.4 Å². The summed E-state index contributed by atoms with van der Waals surface area (Å²) in [5.74, 6) is 0.219. The third-order valence-electron chi connectivity index (χ3n) is 5.10. The number of anilines is 1. The van der Waals surface area contributed by atoms with Crippen LogP contribution >= 0.6 is 0 Å². The van der Waals surface area contributed by atoms with Crippen LogP contribution in [-0.4, -0.2) is 31.5 Å². The molecule has 2 aromatic carbocycles. The van der Waals surface area contributed by atoms with Crippen LogP contribution in [0.1, 0.15) is 23.7 Å². The lowest BCUT2D eigenvalue weighted by molar-refractivity contribution is -0.117. The smallest absolute Gasteiger partial charge is 0.349 e. The summed E-state index contributed by atoms with van der Waals surface area (Å²) in [4.78, 5) is 38.8. The summed E-state index contributed by atoms with van der Waals surface area (Å²) in [5.41, 5.74) is 0.519. The fourth-order valence-electron chi connectivity index (χ4n) is 3.61. The van der Waals surface area contributed by atoms with E-state index in [1.807, 2.05) is 37.3 Å². The Bertz CT molecular complexity index is 1140. The van der Waals surface area contributed by atoms with Crippen LogP contribution in [0.25, 0.3) is 11.0 Å². The Balaban J connectivity index is 1.40. The third kappa shape index (κ3) is 4.05. The molecule has 1 fully saturated rings. The van der Waals surface area contributed by atoms with Crippen molar-refractivity contribution in [2.75, 3.05) is 24.6 Å². The number of fused-ring (bicyclic) bond motifs is 1. The van der Waals surface area contributed by atoms with Gasteiger partial charge in [0.05, 0.1) is 6.61 Å². The molecule has 0 aliphatic carbocycles. The molecule has 2 heterocycles. The highest BCUT2D eigenvalue weighted by Crippen LogP contribution is 2.26. The Hall–Kier alpha value is -3.61. The SMILES string of the molecule is CCOc1ccc(N2CC(CNC(=O)c3cc4ccccc4oc3=O)CC2=O)cc1. The lowest BCUT2D eigenvalue weighted by Gasteiger charge is -2.17. The molecule has 1 aliphatic heterocycles. The fraction of sp³-hybridized carbons (Fsp3) is 0.261. The first-order chi connectivity index (χ1) is 14.5. The molecule has 0 saturated carbocycles. The minimum absolute atomic E-state index is 0.00336. The molecule has 0 spiro atoms. The first-order valence-electron chi connectivity index (χ1n) is 9.89. The van der Waals surface area contributed by atoms with Gasteiger partial charge >= 0.3 is 5.63 Å². The van der Waals surface area contributed by atoms with Crippen LogP contribution in [0.2, 0.25) is 0 Å². The van der Waals surface area contributed by atoms with Crippen molar-refractivity contribution in [2.45, 2.75) is 13.3 Å². The number of ether oxygens (including phenoxy) is 1. The number of amides is 2. The first kappa shape index (κ1) is 19.7. The van der Waals surface area contributed by atoms with Gasteiger partial charge in [0.25, 0.3) is 5.91 Å². The molecule has 1 saturated heterocycles. The molecule has 2 amide bonds. The molecule has 4 rings (SSSR count). The second-order valence-corrected chi connectivity index (χ2v) is 7.20. The zero-order valence-corrected chi connectivity index (χ0v) is 16.6. The van der Waals surface area contributed by atoms with Gasteiger partial charge in [-0.3, -0.25) is 9.59 Å². The molecule has 0 bridgehead atoms. The topological polar surface area (TPSA) is 88.8 Å². The molecule has 1 aromatic heterocycles. The molecule has 1 aliphatic rings. The van der Waals surface area contributed by atoms with E-state index < -0.39 is 11.5 Å². The largest absolute Gasteiger partial charge is 0.494 e. The Morgan fingerprint density at radius 1 is 1.17 bits per heavy atom. The average Bonchev–Trinajstić information content (AvgIpc) is 3.13. The lowest BCUT2D eigenvalue weighted by Crippen LogP contribution is -2.33. The van der Waals surface area contributed by atoms with Gasteiger partial charge in [-0.05, 0) is 43.3 Å². The zero-order valence-electron chi connectivity index (χ0n) is 16.6. The lowest BCUT2D eigenvalue weighted by atomic mass is 10.1. The van der Waals surface area contributed by atoms with Crippen molar-refractivity contribution in [3.05, 3.63) is 70.6 Å². The summed E-state index contributed by atoms with van der Waals surface area (Å²) in [5, 5.41) is 3.45. The molecule has 1 N–H and O–H groups in total. The highest BCUT2D eigenvalue weighted by molar-refractivity contribution is 5.97. The van der Waals surface area contributed by atoms with Crippen molar-refractivity contribution in [1.82, 2.24) is 5.32 Å². The van der Waals surface area contributed by atoms with Gasteiger partial charge in [0.1, 0.15) is 16.9 Å². The number of para-hydroxylation sites is 1. The number of nitrogens with zero attached hydrogens (tertiary/aromatic N) is 1. The van der Waals surface area contributed by atoms with E-state index in [1.54, 1.807) is 23.1 Å². The van der Waals surface area contributed by atoms with Gasteiger partial charge < -0.3 is 19.4 Å². The summed E-state index contributed by atoms with van der Waals surface area (Å²) < 4.78 is 10.6. The standard InChI is InChI=1S/C23H22N2O5/c1-2-29-18-9-7-17(8-10-18)25-14-15(11-21(25)26)13-24-22(27)19-12-16-5-3-4-6-20(16)30-23(19)28/h3-10,12,15H,2,11,13-14H2,1H3,(H,24,27). The molecule has 154 valence electrons. The predicted molar refractivity (Wildman–Crippen MR) is 113 cm³/mol. The molecule has 0 radical (unpaired) electrons. The van der Waals surface area contributed by atoms with Crippen LogP contribution in [0.5, 0.6) is 5.75 Å². The maximum atomic E-state index is 12.5. The van der Waals surface area contributed by atoms with E-state index in [2.05, 4.69) is 5.32 Å². The normalized spacial score (nSPS) is 16.1. The molecule has 30 heavy (non-hydrogen) atoms. The second-order valence-electron chi connectivity index (χ2n) is 7.20. The van der Waals surface area contributed by atoms with Crippen molar-refractivity contribution in [3.63, 3.8) is 0 Å². The summed E-state index contributed by atoms with van der Waals surface area (Å²) >= 11 is 0. The van der Waals surface area contributed by atoms with E-state index >= 15 is 0 Å². The maximum Gasteiger partial charge on any atom is 0.349 e. The van der Waals surface area contributed by atoms with E-state index in [9.17, 15) is 14.4 Å². The Morgan fingerprint density at radius 2 is 1.93 bits per heavy atom. The number of hydrogen-bond acceptors (Lipinski definition) is 5. The van der Waals surface area contributed by atoms with E-state index in [4.69, 9.17) is 9.15 Å². The second kappa shape index (κ2) is 8.41. The van der Waals surface area contributed by atoms with E-state index in [0.29, 0.717) is 37.1 Å². The Labute approximate surface area is 173 Å². The zero-order chi connectivity index (χ0) is 21.1. The van der Waals surface area contributed by atoms with Gasteiger partial charge in [-0.15, -0.1) is 0 Å². The van der Waals surface area contributed by atoms with E-state index in [-0.39, 0.29) is 17.4 Å². The van der Waals surface area contributed by atoms with Crippen LogP contribution in [0, 0.1) is 5.92 Å². The number of hydrogen-bond donors (Lipinski definition) is 1. The number of carbonyl (C=O) groups excluding carboxylic acids is 2. The first-order valence-corrected chi connectivity index (χ1v) is 9.89. The predicted octanol–water partition coefficient (Wildman–Crippen LogP) is 2.97. The van der Waals surface area contributed by atoms with Crippen molar-refractivity contribution in [3.8, 4) is 5.75 Å². The molecular formula is C23H22N2O5. The molecule has 7 heteroatoms. The van der Waals surface area contributed by atoms with Crippen LogP contribution in [0.3, 0.4) is 0 Å². The third-order valence-corrected chi connectivity index (χ3v) is 5.10. The monoisotopic (exact) mass is 406 g/mol. The summed E-state index contributed by atoms with van der Waals surface area (Å²) in [6, 6.07) is 15.9. The van der Waals surface area contributed by atoms with Gasteiger partial charge in [0, 0.05) is 36.5 Å². The summed E-state index contributed by atoms with van der Waals surface area (Å²) in [6.07, 6.45) is 0.333. The summed E-state index contributed by atoms with van der Waals surface area (Å²) in [7, 11) is 0. The van der Waals surface area contributed by atoms with Gasteiger partial charge in [-0.25, -0.2) is 4.79 Å². The molecule has 3 aromatic rings. The van der Waals surface area contributed by atoms with Gasteiger partial charge in [-0.2, -0.15) is 0 Å². The van der Waals surface area contributed by atoms with Crippen molar-refractivity contribution in [1.29, 1.82) is 0 Å². The van der Waals surface area contributed by atoms with Crippen LogP contribution in [0.4, 0.5) is 5.69 Å². The van der Waals surface area contributed by atoms with Crippen molar-refractivity contribution < 1.29 is 18.7 Å².